The third-order valence-corrected chi connectivity index (χ3v) is 2.01. The molecule has 0 fully saturated rings. The van der Waals surface area contributed by atoms with E-state index in [4.69, 9.17) is 5.11 Å². The SMILES string of the molecule is O=CNc1ccccc1C(=O)CCC(=O)O. The highest BCUT2D eigenvalue weighted by atomic mass is 16.4. The van der Waals surface area contributed by atoms with Crippen molar-refractivity contribution in [1.82, 2.24) is 0 Å². The van der Waals surface area contributed by atoms with Gasteiger partial charge >= 0.3 is 5.97 Å². The van der Waals surface area contributed by atoms with Crippen LogP contribution in [-0.2, 0) is 9.59 Å². The molecule has 0 aromatic heterocycles. The molecule has 0 spiro atoms. The molecule has 5 heteroatoms. The molecule has 0 radical (unpaired) electrons. The molecule has 1 aromatic carbocycles. The van der Waals surface area contributed by atoms with Crippen molar-refractivity contribution in [3.05, 3.63) is 29.8 Å². The summed E-state index contributed by atoms with van der Waals surface area (Å²) in [6, 6.07) is 6.47. The Morgan fingerprint density at radius 1 is 1.25 bits per heavy atom. The first-order chi connectivity index (χ1) is 7.65. The summed E-state index contributed by atoms with van der Waals surface area (Å²) >= 11 is 0. The predicted octanol–water partition coefficient (Wildman–Crippen LogP) is 1.30. The maximum absolute atomic E-state index is 11.6. The Hall–Kier alpha value is -2.17. The molecule has 1 aromatic rings. The van der Waals surface area contributed by atoms with Gasteiger partial charge in [0.25, 0.3) is 0 Å². The molecule has 16 heavy (non-hydrogen) atoms. The Kier molecular flexibility index (Phi) is 4.20. The van der Waals surface area contributed by atoms with Crippen molar-refractivity contribution in [3.8, 4) is 0 Å². The first kappa shape index (κ1) is 11.9. The number of nitrogens with one attached hydrogen (secondary N) is 1. The second-order valence-corrected chi connectivity index (χ2v) is 3.12. The number of para-hydroxylation sites is 1. The third kappa shape index (κ3) is 3.20. The van der Waals surface area contributed by atoms with Gasteiger partial charge in [0.15, 0.2) is 5.78 Å². The van der Waals surface area contributed by atoms with Gasteiger partial charge in [-0.2, -0.15) is 0 Å². The molecule has 1 rings (SSSR count). The van der Waals surface area contributed by atoms with E-state index in [2.05, 4.69) is 5.32 Å². The fourth-order valence-electron chi connectivity index (χ4n) is 1.27. The van der Waals surface area contributed by atoms with Crippen molar-refractivity contribution in [3.63, 3.8) is 0 Å². The molecule has 5 nitrogen and oxygen atoms in total. The zero-order valence-electron chi connectivity index (χ0n) is 8.47. The van der Waals surface area contributed by atoms with Crippen molar-refractivity contribution in [1.29, 1.82) is 0 Å². The van der Waals surface area contributed by atoms with Gasteiger partial charge in [-0.05, 0) is 12.1 Å². The van der Waals surface area contributed by atoms with Crippen molar-refractivity contribution < 1.29 is 19.5 Å². The van der Waals surface area contributed by atoms with Crippen LogP contribution in [0.5, 0.6) is 0 Å². The molecule has 84 valence electrons. The number of carbonyl (C=O) groups is 3. The summed E-state index contributed by atoms with van der Waals surface area (Å²) in [5.74, 6) is -1.32. The number of Topliss-reactive ketones (excluding diaryl/α,β-unsaturated/α-hetero) is 1. The highest BCUT2D eigenvalue weighted by molar-refractivity contribution is 6.03. The Bertz CT molecular complexity index is 414. The minimum atomic E-state index is -1.02. The highest BCUT2D eigenvalue weighted by Gasteiger charge is 2.11. The van der Waals surface area contributed by atoms with E-state index in [-0.39, 0.29) is 18.6 Å². The number of ketones is 1. The van der Waals surface area contributed by atoms with Gasteiger partial charge in [-0.15, -0.1) is 0 Å². The molecular formula is C11H11NO4. The average molecular weight is 221 g/mol. The van der Waals surface area contributed by atoms with Crippen LogP contribution in [-0.4, -0.2) is 23.3 Å². The van der Waals surface area contributed by atoms with E-state index in [1.165, 1.54) is 0 Å². The maximum Gasteiger partial charge on any atom is 0.303 e. The van der Waals surface area contributed by atoms with Gasteiger partial charge in [-0.25, -0.2) is 0 Å². The third-order valence-electron chi connectivity index (χ3n) is 2.01. The average Bonchev–Trinajstić information content (AvgIpc) is 2.27. The number of hydrogen-bond acceptors (Lipinski definition) is 3. The van der Waals surface area contributed by atoms with Gasteiger partial charge in [-0.3, -0.25) is 14.4 Å². The molecule has 0 aliphatic heterocycles. The molecule has 2 N–H and O–H groups in total. The standard InChI is InChI=1S/C11H11NO4/c13-7-12-9-4-2-1-3-8(9)10(14)5-6-11(15)16/h1-4,7H,5-6H2,(H,12,13)(H,15,16). The van der Waals surface area contributed by atoms with E-state index in [1.807, 2.05) is 0 Å². The smallest absolute Gasteiger partial charge is 0.303 e. The van der Waals surface area contributed by atoms with Crippen LogP contribution >= 0.6 is 0 Å². The lowest BCUT2D eigenvalue weighted by molar-refractivity contribution is -0.136. The summed E-state index contributed by atoms with van der Waals surface area (Å²) in [7, 11) is 0. The van der Waals surface area contributed by atoms with E-state index < -0.39 is 5.97 Å². The van der Waals surface area contributed by atoms with E-state index in [0.717, 1.165) is 0 Å². The molecule has 0 unspecified atom stereocenters. The van der Waals surface area contributed by atoms with Crippen LogP contribution < -0.4 is 5.32 Å². The van der Waals surface area contributed by atoms with Gasteiger partial charge < -0.3 is 10.4 Å². The normalized spacial score (nSPS) is 9.50. The number of carbonyl (C=O) groups excluding carboxylic acids is 2. The number of hydrogen-bond donors (Lipinski definition) is 2. The lowest BCUT2D eigenvalue weighted by atomic mass is 10.0. The van der Waals surface area contributed by atoms with Crippen molar-refractivity contribution in [2.24, 2.45) is 0 Å². The van der Waals surface area contributed by atoms with Crippen LogP contribution in [0.1, 0.15) is 23.2 Å². The van der Waals surface area contributed by atoms with Gasteiger partial charge in [-0.1, -0.05) is 12.1 Å². The summed E-state index contributed by atoms with van der Waals surface area (Å²) < 4.78 is 0. The summed E-state index contributed by atoms with van der Waals surface area (Å²) in [5, 5.41) is 10.9. The van der Waals surface area contributed by atoms with Gasteiger partial charge in [0.1, 0.15) is 0 Å². The van der Waals surface area contributed by atoms with Crippen LogP contribution in [0.4, 0.5) is 5.69 Å². The fraction of sp³-hybridized carbons (Fsp3) is 0.182. The minimum absolute atomic E-state index is 0.0765. The van der Waals surface area contributed by atoms with E-state index in [1.54, 1.807) is 24.3 Å². The van der Waals surface area contributed by atoms with Crippen LogP contribution in [0.15, 0.2) is 24.3 Å². The van der Waals surface area contributed by atoms with Crippen LogP contribution in [0, 0.1) is 0 Å². The molecule has 0 aliphatic carbocycles. The second kappa shape index (κ2) is 5.65. The predicted molar refractivity (Wildman–Crippen MR) is 57.3 cm³/mol. The molecule has 0 atom stereocenters. The number of carboxylic acid groups (broad SMARTS) is 1. The zero-order chi connectivity index (χ0) is 12.0. The molecule has 0 bridgehead atoms. The number of anilines is 1. The first-order valence-electron chi connectivity index (χ1n) is 4.69. The Morgan fingerprint density at radius 2 is 1.94 bits per heavy atom. The maximum atomic E-state index is 11.6. The Balaban J connectivity index is 2.81. The summed E-state index contributed by atoms with van der Waals surface area (Å²) in [5.41, 5.74) is 0.726. The van der Waals surface area contributed by atoms with Crippen LogP contribution in [0.25, 0.3) is 0 Å². The van der Waals surface area contributed by atoms with Gasteiger partial charge in [0.05, 0.1) is 12.1 Å². The fourth-order valence-corrected chi connectivity index (χ4v) is 1.27. The summed E-state index contributed by atoms with van der Waals surface area (Å²) in [4.78, 5) is 32.2. The second-order valence-electron chi connectivity index (χ2n) is 3.12. The molecule has 1 amide bonds. The minimum Gasteiger partial charge on any atom is -0.481 e. The largest absolute Gasteiger partial charge is 0.481 e. The van der Waals surface area contributed by atoms with Gasteiger partial charge in [0.2, 0.25) is 6.41 Å². The van der Waals surface area contributed by atoms with E-state index in [0.29, 0.717) is 17.7 Å². The quantitative estimate of drug-likeness (QED) is 0.560. The van der Waals surface area contributed by atoms with Crippen molar-refractivity contribution in [2.45, 2.75) is 12.8 Å². The van der Waals surface area contributed by atoms with Crippen molar-refractivity contribution >= 4 is 23.9 Å². The summed E-state index contributed by atoms with van der Waals surface area (Å²) in [6.45, 7) is 0. The number of carboxylic acids is 1. The molecule has 0 saturated heterocycles. The molecular weight excluding hydrogens is 210 g/mol. The first-order valence-corrected chi connectivity index (χ1v) is 4.69. The lowest BCUT2D eigenvalue weighted by Gasteiger charge is -2.05. The number of aliphatic carboxylic acids is 1. The number of rotatable bonds is 6. The zero-order valence-corrected chi connectivity index (χ0v) is 8.47. The lowest BCUT2D eigenvalue weighted by Crippen LogP contribution is -2.07. The van der Waals surface area contributed by atoms with Crippen LogP contribution in [0.3, 0.4) is 0 Å². The van der Waals surface area contributed by atoms with E-state index >= 15 is 0 Å². The molecule has 0 aliphatic rings. The Morgan fingerprint density at radius 3 is 2.56 bits per heavy atom. The molecule has 0 heterocycles. The topological polar surface area (TPSA) is 83.5 Å². The number of benzene rings is 1. The highest BCUT2D eigenvalue weighted by Crippen LogP contribution is 2.16. The molecule has 0 saturated carbocycles. The van der Waals surface area contributed by atoms with Crippen molar-refractivity contribution in [2.75, 3.05) is 5.32 Å². The van der Waals surface area contributed by atoms with Crippen LogP contribution in [0.2, 0.25) is 0 Å². The van der Waals surface area contributed by atoms with Gasteiger partial charge in [0, 0.05) is 12.0 Å². The number of amides is 1. The van der Waals surface area contributed by atoms with E-state index in [9.17, 15) is 14.4 Å². The monoisotopic (exact) mass is 221 g/mol. The summed E-state index contributed by atoms with van der Waals surface area (Å²) in [6.07, 6.45) is 0.185. The Labute approximate surface area is 92.1 Å².